The number of carbonyl (C=O) groups is 1. The number of hydrogen-bond donors (Lipinski definition) is 1. The number of ether oxygens (including phenoxy) is 2. The van der Waals surface area contributed by atoms with Gasteiger partial charge in [0.2, 0.25) is 0 Å². The molecule has 21 heavy (non-hydrogen) atoms. The van der Waals surface area contributed by atoms with Crippen LogP contribution in [0, 0.1) is 6.92 Å². The number of methoxy groups -OCH3 is 2. The SMILES string of the molecule is COc1cc(C)c(NC(=O)c2cccc(Cl)n2)cc1OC. The molecule has 5 nitrogen and oxygen atoms in total. The first kappa shape index (κ1) is 15.1. The van der Waals surface area contributed by atoms with E-state index in [-0.39, 0.29) is 16.8 Å². The average Bonchev–Trinajstić information content (AvgIpc) is 2.48. The lowest BCUT2D eigenvalue weighted by Crippen LogP contribution is -2.14. The summed E-state index contributed by atoms with van der Waals surface area (Å²) >= 11 is 5.78. The molecule has 2 aromatic rings. The normalized spacial score (nSPS) is 10.1. The molecule has 1 aromatic carbocycles. The number of nitrogens with zero attached hydrogens (tertiary/aromatic N) is 1. The lowest BCUT2D eigenvalue weighted by atomic mass is 10.1. The van der Waals surface area contributed by atoms with E-state index < -0.39 is 0 Å². The van der Waals surface area contributed by atoms with Crippen LogP contribution in [0.2, 0.25) is 5.15 Å². The van der Waals surface area contributed by atoms with Gasteiger partial charge in [0.1, 0.15) is 10.8 Å². The molecule has 2 rings (SSSR count). The molecule has 0 unspecified atom stereocenters. The number of hydrogen-bond acceptors (Lipinski definition) is 4. The van der Waals surface area contributed by atoms with E-state index in [0.29, 0.717) is 17.2 Å². The van der Waals surface area contributed by atoms with Gasteiger partial charge in [0.05, 0.1) is 14.2 Å². The van der Waals surface area contributed by atoms with Crippen LogP contribution in [-0.2, 0) is 0 Å². The molecule has 1 N–H and O–H groups in total. The van der Waals surface area contributed by atoms with Crippen molar-refractivity contribution in [2.75, 3.05) is 19.5 Å². The molecule has 1 aromatic heterocycles. The predicted octanol–water partition coefficient (Wildman–Crippen LogP) is 3.31. The van der Waals surface area contributed by atoms with Crippen LogP contribution in [-0.4, -0.2) is 25.1 Å². The van der Waals surface area contributed by atoms with Crippen LogP contribution in [0.5, 0.6) is 11.5 Å². The maximum atomic E-state index is 12.2. The first-order valence-electron chi connectivity index (χ1n) is 6.21. The van der Waals surface area contributed by atoms with Crippen molar-refractivity contribution in [1.82, 2.24) is 4.98 Å². The third kappa shape index (κ3) is 3.44. The van der Waals surface area contributed by atoms with Crippen molar-refractivity contribution in [1.29, 1.82) is 0 Å². The molecule has 0 aliphatic carbocycles. The van der Waals surface area contributed by atoms with Gasteiger partial charge in [0.25, 0.3) is 5.91 Å². The monoisotopic (exact) mass is 306 g/mol. The number of carbonyl (C=O) groups excluding carboxylic acids is 1. The van der Waals surface area contributed by atoms with Crippen molar-refractivity contribution < 1.29 is 14.3 Å². The zero-order valence-corrected chi connectivity index (χ0v) is 12.7. The molecule has 0 radical (unpaired) electrons. The second-order valence-corrected chi connectivity index (χ2v) is 4.71. The maximum Gasteiger partial charge on any atom is 0.274 e. The summed E-state index contributed by atoms with van der Waals surface area (Å²) in [6, 6.07) is 8.37. The van der Waals surface area contributed by atoms with Gasteiger partial charge >= 0.3 is 0 Å². The molecule has 0 saturated carbocycles. The minimum atomic E-state index is -0.340. The minimum Gasteiger partial charge on any atom is -0.493 e. The van der Waals surface area contributed by atoms with Gasteiger partial charge in [0, 0.05) is 11.8 Å². The number of nitrogens with one attached hydrogen (secondary N) is 1. The highest BCUT2D eigenvalue weighted by Crippen LogP contribution is 2.33. The third-order valence-corrected chi connectivity index (χ3v) is 3.14. The molecular weight excluding hydrogens is 292 g/mol. The largest absolute Gasteiger partial charge is 0.493 e. The van der Waals surface area contributed by atoms with Crippen LogP contribution >= 0.6 is 11.6 Å². The van der Waals surface area contributed by atoms with Gasteiger partial charge in [-0.1, -0.05) is 17.7 Å². The summed E-state index contributed by atoms with van der Waals surface area (Å²) in [5, 5.41) is 3.05. The van der Waals surface area contributed by atoms with Crippen LogP contribution in [0.15, 0.2) is 30.3 Å². The van der Waals surface area contributed by atoms with E-state index >= 15 is 0 Å². The molecule has 0 saturated heterocycles. The van der Waals surface area contributed by atoms with Gasteiger partial charge < -0.3 is 14.8 Å². The fraction of sp³-hybridized carbons (Fsp3) is 0.200. The molecule has 0 aliphatic heterocycles. The van der Waals surface area contributed by atoms with Crippen molar-refractivity contribution in [2.24, 2.45) is 0 Å². The Bertz CT molecular complexity index is 674. The molecule has 6 heteroatoms. The minimum absolute atomic E-state index is 0.247. The van der Waals surface area contributed by atoms with Gasteiger partial charge in [-0.15, -0.1) is 0 Å². The Kier molecular flexibility index (Phi) is 4.65. The topological polar surface area (TPSA) is 60.5 Å². The number of aryl methyl sites for hydroxylation is 1. The smallest absolute Gasteiger partial charge is 0.274 e. The van der Waals surface area contributed by atoms with E-state index in [0.717, 1.165) is 5.56 Å². The highest BCUT2D eigenvalue weighted by molar-refractivity contribution is 6.29. The number of benzene rings is 1. The zero-order valence-electron chi connectivity index (χ0n) is 11.9. The van der Waals surface area contributed by atoms with E-state index in [9.17, 15) is 4.79 Å². The Balaban J connectivity index is 2.29. The van der Waals surface area contributed by atoms with E-state index in [4.69, 9.17) is 21.1 Å². The molecule has 0 atom stereocenters. The Morgan fingerprint density at radius 3 is 2.48 bits per heavy atom. The number of anilines is 1. The van der Waals surface area contributed by atoms with Crippen LogP contribution in [0.1, 0.15) is 16.1 Å². The standard InChI is InChI=1S/C15H15ClN2O3/c1-9-7-12(20-2)13(21-3)8-11(9)18-15(19)10-5-4-6-14(16)17-10/h4-8H,1-3H3,(H,18,19). The fourth-order valence-corrected chi connectivity index (χ4v) is 2.00. The van der Waals surface area contributed by atoms with Crippen LogP contribution < -0.4 is 14.8 Å². The number of pyridine rings is 1. The Morgan fingerprint density at radius 2 is 1.86 bits per heavy atom. The summed E-state index contributed by atoms with van der Waals surface area (Å²) in [5.74, 6) is 0.805. The predicted molar refractivity (Wildman–Crippen MR) is 81.5 cm³/mol. The van der Waals surface area contributed by atoms with Crippen molar-refractivity contribution in [2.45, 2.75) is 6.92 Å². The molecule has 0 fully saturated rings. The first-order valence-corrected chi connectivity index (χ1v) is 6.59. The molecular formula is C15H15ClN2O3. The van der Waals surface area contributed by atoms with E-state index in [2.05, 4.69) is 10.3 Å². The highest BCUT2D eigenvalue weighted by atomic mass is 35.5. The van der Waals surface area contributed by atoms with Gasteiger partial charge in [-0.2, -0.15) is 0 Å². The molecule has 110 valence electrons. The Labute approximate surface area is 127 Å². The van der Waals surface area contributed by atoms with Crippen molar-refractivity contribution in [3.05, 3.63) is 46.7 Å². The Hall–Kier alpha value is -2.27. The lowest BCUT2D eigenvalue weighted by Gasteiger charge is -2.13. The van der Waals surface area contributed by atoms with Crippen molar-refractivity contribution in [3.8, 4) is 11.5 Å². The maximum absolute atomic E-state index is 12.2. The average molecular weight is 307 g/mol. The Morgan fingerprint density at radius 1 is 1.19 bits per heavy atom. The summed E-state index contributed by atoms with van der Waals surface area (Å²) in [7, 11) is 3.10. The van der Waals surface area contributed by atoms with Gasteiger partial charge in [-0.3, -0.25) is 4.79 Å². The molecule has 1 heterocycles. The van der Waals surface area contributed by atoms with Gasteiger partial charge in [0.15, 0.2) is 11.5 Å². The summed E-state index contributed by atoms with van der Waals surface area (Å²) in [4.78, 5) is 16.1. The van der Waals surface area contributed by atoms with E-state index in [1.165, 1.54) is 7.11 Å². The van der Waals surface area contributed by atoms with Crippen LogP contribution in [0.4, 0.5) is 5.69 Å². The first-order chi connectivity index (χ1) is 10.0. The molecule has 0 spiro atoms. The fourth-order valence-electron chi connectivity index (χ4n) is 1.84. The second-order valence-electron chi connectivity index (χ2n) is 4.32. The van der Waals surface area contributed by atoms with Crippen molar-refractivity contribution in [3.63, 3.8) is 0 Å². The van der Waals surface area contributed by atoms with Crippen LogP contribution in [0.3, 0.4) is 0 Å². The lowest BCUT2D eigenvalue weighted by molar-refractivity contribution is 0.102. The van der Waals surface area contributed by atoms with Gasteiger partial charge in [-0.25, -0.2) is 4.98 Å². The number of rotatable bonds is 4. The molecule has 1 amide bonds. The van der Waals surface area contributed by atoms with E-state index in [1.807, 2.05) is 6.92 Å². The quantitative estimate of drug-likeness (QED) is 0.880. The molecule has 0 aliphatic rings. The van der Waals surface area contributed by atoms with Gasteiger partial charge in [-0.05, 0) is 30.7 Å². The van der Waals surface area contributed by atoms with Crippen LogP contribution in [0.25, 0.3) is 0 Å². The summed E-state index contributed by atoms with van der Waals surface area (Å²) < 4.78 is 10.4. The zero-order chi connectivity index (χ0) is 15.4. The highest BCUT2D eigenvalue weighted by Gasteiger charge is 2.13. The van der Waals surface area contributed by atoms with E-state index in [1.54, 1.807) is 37.4 Å². The summed E-state index contributed by atoms with van der Waals surface area (Å²) in [6.45, 7) is 1.86. The molecule has 0 bridgehead atoms. The number of halogens is 1. The summed E-state index contributed by atoms with van der Waals surface area (Å²) in [6.07, 6.45) is 0. The third-order valence-electron chi connectivity index (χ3n) is 2.93. The summed E-state index contributed by atoms with van der Waals surface area (Å²) in [5.41, 5.74) is 1.72. The second kappa shape index (κ2) is 6.45. The van der Waals surface area contributed by atoms with Crippen molar-refractivity contribution >= 4 is 23.2 Å². The number of aromatic nitrogens is 1. The number of amides is 1.